The number of nitrogens with two attached hydrogens (primary N) is 1. The van der Waals surface area contributed by atoms with E-state index in [-0.39, 0.29) is 5.82 Å². The quantitative estimate of drug-likeness (QED) is 0.841. The van der Waals surface area contributed by atoms with Crippen molar-refractivity contribution in [3.63, 3.8) is 0 Å². The van der Waals surface area contributed by atoms with E-state index in [0.717, 1.165) is 38.2 Å². The summed E-state index contributed by atoms with van der Waals surface area (Å²) >= 11 is 0. The first-order valence-corrected chi connectivity index (χ1v) is 7.49. The van der Waals surface area contributed by atoms with Crippen LogP contribution < -0.4 is 5.73 Å². The molecule has 4 heteroatoms. The molecule has 1 saturated heterocycles. The lowest BCUT2D eigenvalue weighted by Crippen LogP contribution is -2.37. The van der Waals surface area contributed by atoms with E-state index >= 15 is 0 Å². The monoisotopic (exact) mass is 289 g/mol. The molecule has 1 aliphatic heterocycles. The van der Waals surface area contributed by atoms with E-state index in [0.29, 0.717) is 18.2 Å². The first-order chi connectivity index (χ1) is 10.1. The SMILES string of the molecule is CC1CN(C)CCCN1Cc1cc(F)cc(C#CCN)c1. The van der Waals surface area contributed by atoms with Crippen LogP contribution in [0.4, 0.5) is 4.39 Å². The molecule has 1 aliphatic rings. The van der Waals surface area contributed by atoms with E-state index in [1.807, 2.05) is 6.07 Å². The Hall–Kier alpha value is -1.41. The van der Waals surface area contributed by atoms with Gasteiger partial charge in [-0.2, -0.15) is 0 Å². The van der Waals surface area contributed by atoms with Crippen molar-refractivity contribution >= 4 is 0 Å². The van der Waals surface area contributed by atoms with Crippen molar-refractivity contribution in [3.05, 3.63) is 35.1 Å². The Labute approximate surface area is 126 Å². The van der Waals surface area contributed by atoms with E-state index in [9.17, 15) is 4.39 Å². The molecular weight excluding hydrogens is 265 g/mol. The zero-order valence-electron chi connectivity index (χ0n) is 12.9. The van der Waals surface area contributed by atoms with Gasteiger partial charge >= 0.3 is 0 Å². The summed E-state index contributed by atoms with van der Waals surface area (Å²) in [5.74, 6) is 5.46. The van der Waals surface area contributed by atoms with Gasteiger partial charge in [0.05, 0.1) is 6.54 Å². The van der Waals surface area contributed by atoms with Crippen LogP contribution in [0, 0.1) is 17.7 Å². The average molecular weight is 289 g/mol. The Kier molecular flexibility index (Phi) is 5.75. The summed E-state index contributed by atoms with van der Waals surface area (Å²) in [4.78, 5) is 4.77. The second-order valence-electron chi connectivity index (χ2n) is 5.79. The Morgan fingerprint density at radius 2 is 2.14 bits per heavy atom. The van der Waals surface area contributed by atoms with Gasteiger partial charge in [-0.05, 0) is 50.7 Å². The molecule has 1 fully saturated rings. The van der Waals surface area contributed by atoms with Gasteiger partial charge in [-0.3, -0.25) is 4.90 Å². The third-order valence-corrected chi connectivity index (χ3v) is 3.86. The zero-order chi connectivity index (χ0) is 15.2. The molecule has 1 unspecified atom stereocenters. The number of halogens is 1. The van der Waals surface area contributed by atoms with Crippen LogP contribution in [0.2, 0.25) is 0 Å². The fourth-order valence-corrected chi connectivity index (χ4v) is 2.86. The highest BCUT2D eigenvalue weighted by Gasteiger charge is 2.19. The lowest BCUT2D eigenvalue weighted by Gasteiger charge is -2.28. The molecule has 0 aliphatic carbocycles. The molecular formula is C17H24FN3. The summed E-state index contributed by atoms with van der Waals surface area (Å²) in [7, 11) is 2.16. The molecule has 1 heterocycles. The second kappa shape index (κ2) is 7.56. The maximum absolute atomic E-state index is 13.7. The van der Waals surface area contributed by atoms with Crippen LogP contribution in [0.25, 0.3) is 0 Å². The number of hydrogen-bond acceptors (Lipinski definition) is 3. The summed E-state index contributed by atoms with van der Waals surface area (Å²) < 4.78 is 13.7. The minimum atomic E-state index is -0.228. The lowest BCUT2D eigenvalue weighted by atomic mass is 10.1. The van der Waals surface area contributed by atoms with Crippen LogP contribution in [0.5, 0.6) is 0 Å². The van der Waals surface area contributed by atoms with E-state index < -0.39 is 0 Å². The first kappa shape index (κ1) is 16.0. The van der Waals surface area contributed by atoms with Crippen LogP contribution in [0.1, 0.15) is 24.5 Å². The van der Waals surface area contributed by atoms with Crippen molar-refractivity contribution in [1.29, 1.82) is 0 Å². The number of nitrogens with zero attached hydrogens (tertiary/aromatic N) is 2. The van der Waals surface area contributed by atoms with Gasteiger partial charge in [0, 0.05) is 31.2 Å². The maximum atomic E-state index is 13.7. The number of likely N-dealkylation sites (N-methyl/N-ethyl adjacent to an activating group) is 1. The predicted molar refractivity (Wildman–Crippen MR) is 84.3 cm³/mol. The van der Waals surface area contributed by atoms with Crippen LogP contribution in [0.15, 0.2) is 18.2 Å². The highest BCUT2D eigenvalue weighted by atomic mass is 19.1. The van der Waals surface area contributed by atoms with E-state index in [1.54, 1.807) is 6.07 Å². The van der Waals surface area contributed by atoms with E-state index in [1.165, 1.54) is 6.07 Å². The Morgan fingerprint density at radius 1 is 1.33 bits per heavy atom. The Morgan fingerprint density at radius 3 is 2.90 bits per heavy atom. The van der Waals surface area contributed by atoms with Gasteiger partial charge in [0.2, 0.25) is 0 Å². The fourth-order valence-electron chi connectivity index (χ4n) is 2.86. The first-order valence-electron chi connectivity index (χ1n) is 7.49. The van der Waals surface area contributed by atoms with E-state index in [4.69, 9.17) is 5.73 Å². The molecule has 0 spiro atoms. The minimum Gasteiger partial charge on any atom is -0.320 e. The zero-order valence-corrected chi connectivity index (χ0v) is 12.9. The molecule has 2 rings (SSSR count). The van der Waals surface area contributed by atoms with Gasteiger partial charge in [0.1, 0.15) is 5.82 Å². The van der Waals surface area contributed by atoms with Crippen molar-refractivity contribution < 1.29 is 4.39 Å². The smallest absolute Gasteiger partial charge is 0.124 e. The molecule has 0 bridgehead atoms. The summed E-state index contributed by atoms with van der Waals surface area (Å²) in [6.07, 6.45) is 1.15. The third-order valence-electron chi connectivity index (χ3n) is 3.86. The molecule has 0 aromatic heterocycles. The molecule has 1 aromatic carbocycles. The molecule has 3 nitrogen and oxygen atoms in total. The van der Waals surface area contributed by atoms with Crippen LogP contribution in [-0.2, 0) is 6.54 Å². The molecule has 21 heavy (non-hydrogen) atoms. The van der Waals surface area contributed by atoms with Crippen LogP contribution in [-0.4, -0.2) is 49.1 Å². The van der Waals surface area contributed by atoms with Crippen molar-refractivity contribution in [2.75, 3.05) is 33.2 Å². The molecule has 1 aromatic rings. The van der Waals surface area contributed by atoms with E-state index in [2.05, 4.69) is 35.6 Å². The second-order valence-corrected chi connectivity index (χ2v) is 5.79. The predicted octanol–water partition coefficient (Wildman–Crippen LogP) is 1.66. The summed E-state index contributed by atoms with van der Waals surface area (Å²) in [5, 5.41) is 0. The molecule has 2 N–H and O–H groups in total. The lowest BCUT2D eigenvalue weighted by molar-refractivity contribution is 0.194. The largest absolute Gasteiger partial charge is 0.320 e. The van der Waals surface area contributed by atoms with Gasteiger partial charge in [-0.25, -0.2) is 4.39 Å². The number of rotatable bonds is 2. The fraction of sp³-hybridized carbons (Fsp3) is 0.529. The average Bonchev–Trinajstić information content (AvgIpc) is 2.57. The van der Waals surface area contributed by atoms with Crippen molar-refractivity contribution in [2.24, 2.45) is 5.73 Å². The van der Waals surface area contributed by atoms with Gasteiger partial charge in [0.25, 0.3) is 0 Å². The molecule has 0 saturated carbocycles. The highest BCUT2D eigenvalue weighted by molar-refractivity contribution is 5.38. The normalized spacial score (nSPS) is 20.7. The molecule has 114 valence electrons. The van der Waals surface area contributed by atoms with Gasteiger partial charge in [0.15, 0.2) is 0 Å². The summed E-state index contributed by atoms with van der Waals surface area (Å²) in [5.41, 5.74) is 7.05. The summed E-state index contributed by atoms with van der Waals surface area (Å²) in [6, 6.07) is 5.51. The Bertz CT molecular complexity index is 533. The van der Waals surface area contributed by atoms with Crippen LogP contribution >= 0.6 is 0 Å². The van der Waals surface area contributed by atoms with Crippen LogP contribution in [0.3, 0.4) is 0 Å². The van der Waals surface area contributed by atoms with Crippen molar-refractivity contribution in [2.45, 2.75) is 25.9 Å². The third kappa shape index (κ3) is 4.82. The minimum absolute atomic E-state index is 0.228. The molecule has 0 amide bonds. The molecule has 0 radical (unpaired) electrons. The number of benzene rings is 1. The van der Waals surface area contributed by atoms with Gasteiger partial charge in [-0.1, -0.05) is 11.8 Å². The van der Waals surface area contributed by atoms with Gasteiger partial charge < -0.3 is 10.6 Å². The Balaban J connectivity index is 2.12. The highest BCUT2D eigenvalue weighted by Crippen LogP contribution is 2.15. The number of hydrogen-bond donors (Lipinski definition) is 1. The summed E-state index contributed by atoms with van der Waals surface area (Å²) in [6.45, 7) is 6.51. The standard InChI is InChI=1S/C17H24FN3/c1-14-12-20(2)7-4-8-21(14)13-16-9-15(5-3-6-19)10-17(18)11-16/h9-11,14H,4,6-8,12-13,19H2,1-2H3. The maximum Gasteiger partial charge on any atom is 0.124 e. The van der Waals surface area contributed by atoms with Crippen molar-refractivity contribution in [1.82, 2.24) is 9.80 Å². The van der Waals surface area contributed by atoms with Gasteiger partial charge in [-0.15, -0.1) is 0 Å². The van der Waals surface area contributed by atoms with Crippen molar-refractivity contribution in [3.8, 4) is 11.8 Å². The topological polar surface area (TPSA) is 32.5 Å². The molecule has 1 atom stereocenters.